The van der Waals surface area contributed by atoms with Gasteiger partial charge >= 0.3 is 5.63 Å². The molecule has 2 heterocycles. The van der Waals surface area contributed by atoms with Crippen LogP contribution in [0.25, 0.3) is 32.5 Å². The molecule has 0 bridgehead atoms. The average Bonchev–Trinajstić information content (AvgIpc) is 2.85. The molecule has 190 valence electrons. The van der Waals surface area contributed by atoms with Crippen LogP contribution < -0.4 is 15.1 Å². The Hall–Kier alpha value is -3.37. The van der Waals surface area contributed by atoms with Crippen molar-refractivity contribution in [3.8, 4) is 17.2 Å². The highest BCUT2D eigenvalue weighted by atomic mass is 16.5. The number of hydrogen-bond acceptors (Lipinski definition) is 9. The molecule has 1 aliphatic rings. The lowest BCUT2D eigenvalue weighted by molar-refractivity contribution is -0.261. The largest absolute Gasteiger partial charge is 0.507 e. The van der Waals surface area contributed by atoms with Crippen LogP contribution in [0.1, 0.15) is 31.1 Å². The number of ether oxygens (including phenoxy) is 3. The van der Waals surface area contributed by atoms with E-state index in [0.29, 0.717) is 33.2 Å². The van der Waals surface area contributed by atoms with Gasteiger partial charge in [0.2, 0.25) is 0 Å². The van der Waals surface area contributed by atoms with Crippen molar-refractivity contribution in [3.05, 3.63) is 51.9 Å². The number of phenols is 1. The quantitative estimate of drug-likeness (QED) is 0.249. The summed E-state index contributed by atoms with van der Waals surface area (Å²) in [5, 5.41) is 45.0. The maximum atomic E-state index is 13.2. The van der Waals surface area contributed by atoms with Crippen LogP contribution in [0.15, 0.2) is 39.5 Å². The van der Waals surface area contributed by atoms with Crippen LogP contribution in [0.5, 0.6) is 17.2 Å². The Kier molecular flexibility index (Phi) is 5.64. The Bertz CT molecular complexity index is 1570. The maximum Gasteiger partial charge on any atom is 0.344 e. The third kappa shape index (κ3) is 3.35. The monoisotopic (exact) mass is 496 g/mol. The van der Waals surface area contributed by atoms with E-state index in [0.717, 1.165) is 5.56 Å². The molecule has 0 spiro atoms. The van der Waals surface area contributed by atoms with E-state index in [9.17, 15) is 25.2 Å². The van der Waals surface area contributed by atoms with E-state index in [1.807, 2.05) is 6.92 Å². The molecule has 9 heteroatoms. The van der Waals surface area contributed by atoms with E-state index in [4.69, 9.17) is 18.6 Å². The number of methoxy groups -OCH3 is 2. The Morgan fingerprint density at radius 3 is 2.28 bits per heavy atom. The summed E-state index contributed by atoms with van der Waals surface area (Å²) in [6.45, 7) is 4.75. The van der Waals surface area contributed by atoms with Gasteiger partial charge in [0, 0.05) is 16.2 Å². The number of benzene rings is 3. The van der Waals surface area contributed by atoms with Gasteiger partial charge in [0.1, 0.15) is 46.7 Å². The Morgan fingerprint density at radius 2 is 1.61 bits per heavy atom. The van der Waals surface area contributed by atoms with Gasteiger partial charge in [-0.1, -0.05) is 6.07 Å². The zero-order chi connectivity index (χ0) is 26.1. The molecule has 1 fully saturated rings. The molecule has 1 aliphatic heterocycles. The van der Waals surface area contributed by atoms with Crippen LogP contribution in [0, 0.1) is 6.92 Å². The normalized spacial score (nSPS) is 26.6. The van der Waals surface area contributed by atoms with Gasteiger partial charge in [-0.3, -0.25) is 0 Å². The summed E-state index contributed by atoms with van der Waals surface area (Å²) in [7, 11) is 2.95. The van der Waals surface area contributed by atoms with Crippen molar-refractivity contribution in [1.82, 2.24) is 0 Å². The van der Waals surface area contributed by atoms with Crippen molar-refractivity contribution in [1.29, 1.82) is 0 Å². The van der Waals surface area contributed by atoms with Gasteiger partial charge in [-0.15, -0.1) is 0 Å². The van der Waals surface area contributed by atoms with Gasteiger partial charge in [-0.2, -0.15) is 0 Å². The number of rotatable bonds is 3. The van der Waals surface area contributed by atoms with Crippen molar-refractivity contribution < 1.29 is 39.1 Å². The predicted molar refractivity (Wildman–Crippen MR) is 133 cm³/mol. The minimum absolute atomic E-state index is 0.130. The molecule has 0 amide bonds. The highest BCUT2D eigenvalue weighted by Gasteiger charge is 2.51. The van der Waals surface area contributed by atoms with Crippen LogP contribution in [-0.2, 0) is 4.74 Å². The van der Waals surface area contributed by atoms with E-state index in [2.05, 4.69) is 0 Å². The van der Waals surface area contributed by atoms with Gasteiger partial charge in [0.05, 0.1) is 31.1 Å². The summed E-state index contributed by atoms with van der Waals surface area (Å²) in [5.41, 5.74) is -1.22. The van der Waals surface area contributed by atoms with Gasteiger partial charge in [0.15, 0.2) is 0 Å². The van der Waals surface area contributed by atoms with E-state index >= 15 is 0 Å². The first kappa shape index (κ1) is 24.3. The lowest BCUT2D eigenvalue weighted by atomic mass is 9.80. The lowest BCUT2D eigenvalue weighted by Crippen LogP contribution is -2.61. The first-order valence-electron chi connectivity index (χ1n) is 11.5. The lowest BCUT2D eigenvalue weighted by Gasteiger charge is -2.46. The summed E-state index contributed by atoms with van der Waals surface area (Å²) >= 11 is 0. The number of aliphatic hydroxyl groups is 3. The van der Waals surface area contributed by atoms with Gasteiger partial charge in [-0.05, 0) is 56.2 Å². The van der Waals surface area contributed by atoms with Crippen molar-refractivity contribution in [2.24, 2.45) is 0 Å². The van der Waals surface area contributed by atoms with Crippen LogP contribution in [0.3, 0.4) is 0 Å². The topological polar surface area (TPSA) is 139 Å². The molecule has 1 aromatic heterocycles. The fraction of sp³-hybridized carbons (Fsp3) is 0.370. The van der Waals surface area contributed by atoms with Gasteiger partial charge in [-0.25, -0.2) is 4.79 Å². The second-order valence-electron chi connectivity index (χ2n) is 9.54. The molecular weight excluding hydrogens is 468 g/mol. The van der Waals surface area contributed by atoms with Crippen LogP contribution in [0.4, 0.5) is 0 Å². The molecule has 5 rings (SSSR count). The third-order valence-electron chi connectivity index (χ3n) is 7.18. The highest BCUT2D eigenvalue weighted by Crippen LogP contribution is 2.48. The van der Waals surface area contributed by atoms with Crippen LogP contribution >= 0.6 is 0 Å². The summed E-state index contributed by atoms with van der Waals surface area (Å²) in [6, 6.07) is 8.11. The number of phenolic OH excluding ortho intramolecular Hbond substituents is 1. The zero-order valence-corrected chi connectivity index (χ0v) is 20.5. The van der Waals surface area contributed by atoms with Gasteiger partial charge < -0.3 is 39.1 Å². The minimum Gasteiger partial charge on any atom is -0.507 e. The maximum absolute atomic E-state index is 13.2. The van der Waals surface area contributed by atoms with Crippen molar-refractivity contribution >= 4 is 32.5 Å². The van der Waals surface area contributed by atoms with E-state index in [-0.39, 0.29) is 22.1 Å². The zero-order valence-electron chi connectivity index (χ0n) is 20.5. The van der Waals surface area contributed by atoms with E-state index in [1.165, 1.54) is 33.3 Å². The summed E-state index contributed by atoms with van der Waals surface area (Å²) in [6.07, 6.45) is -4.84. The Balaban J connectivity index is 1.97. The fourth-order valence-corrected chi connectivity index (χ4v) is 5.28. The predicted octanol–water partition coefficient (Wildman–Crippen LogP) is 3.06. The fourth-order valence-electron chi connectivity index (χ4n) is 5.28. The molecule has 36 heavy (non-hydrogen) atoms. The Labute approximate surface area is 206 Å². The van der Waals surface area contributed by atoms with Crippen molar-refractivity contribution in [3.63, 3.8) is 0 Å². The SMILES string of the molecule is COc1cc2c(oc(=O)c3cc(C)cc(OC)c32)c2c([C@@H]3O[C@H](C)[C@H](O)[C@@](C)(O)[C@H]3O)ccc(O)c12. The number of fused-ring (bicyclic) bond motifs is 5. The van der Waals surface area contributed by atoms with Crippen LogP contribution in [-0.4, -0.2) is 58.6 Å². The molecule has 0 saturated carbocycles. The third-order valence-corrected chi connectivity index (χ3v) is 7.18. The van der Waals surface area contributed by atoms with E-state index < -0.39 is 35.6 Å². The molecule has 5 atom stereocenters. The molecule has 1 saturated heterocycles. The molecule has 9 nitrogen and oxygen atoms in total. The molecule has 4 N–H and O–H groups in total. The summed E-state index contributed by atoms with van der Waals surface area (Å²) in [5.74, 6) is 0.607. The first-order chi connectivity index (χ1) is 17.0. The second kappa shape index (κ2) is 8.35. The number of aromatic hydroxyl groups is 1. The number of aliphatic hydroxyl groups excluding tert-OH is 2. The highest BCUT2D eigenvalue weighted by molar-refractivity contribution is 6.19. The van der Waals surface area contributed by atoms with Crippen LogP contribution in [0.2, 0.25) is 0 Å². The molecule has 0 aliphatic carbocycles. The number of hydrogen-bond donors (Lipinski definition) is 4. The van der Waals surface area contributed by atoms with Crippen molar-refractivity contribution in [2.45, 2.75) is 50.8 Å². The molecule has 3 aromatic carbocycles. The average molecular weight is 497 g/mol. The number of aryl methyl sites for hydroxylation is 1. The molecule has 0 radical (unpaired) electrons. The summed E-state index contributed by atoms with van der Waals surface area (Å²) in [4.78, 5) is 13.2. The second-order valence-corrected chi connectivity index (χ2v) is 9.54. The minimum atomic E-state index is -1.89. The molecular formula is C27H28O9. The first-order valence-corrected chi connectivity index (χ1v) is 11.5. The summed E-state index contributed by atoms with van der Waals surface area (Å²) < 4.78 is 23.0. The smallest absolute Gasteiger partial charge is 0.344 e. The Morgan fingerprint density at radius 1 is 0.944 bits per heavy atom. The molecule has 4 aromatic rings. The van der Waals surface area contributed by atoms with Gasteiger partial charge in [0.25, 0.3) is 0 Å². The standard InChI is InChI=1S/C27H28O9/c1-11-8-15-19(17(9-11)33-4)14-10-18(34-5)21-16(28)7-6-13(20(21)22(14)36-26(15)31)23-25(30)27(3,32)24(29)12(2)35-23/h6-10,12,23-25,28-30,32H,1-5H3/t12-,23+,24+,25+,27-/m1/s1. The van der Waals surface area contributed by atoms with Crippen molar-refractivity contribution in [2.75, 3.05) is 14.2 Å². The molecule has 0 unspecified atom stereocenters. The van der Waals surface area contributed by atoms with E-state index in [1.54, 1.807) is 25.1 Å².